The Kier molecular flexibility index (Phi) is 86.8. The van der Waals surface area contributed by atoms with E-state index in [0.717, 1.165) is 212 Å². The van der Waals surface area contributed by atoms with Crippen molar-refractivity contribution in [2.75, 3.05) is 39.6 Å². The molecule has 0 spiro atoms. The zero-order valence-corrected chi connectivity index (χ0v) is 76.2. The number of esters is 3. The predicted octanol–water partition coefficient (Wildman–Crippen LogP) is 28.8. The molecule has 5 atom stereocenters. The van der Waals surface area contributed by atoms with Crippen LogP contribution in [0, 0.1) is 0 Å². The average molecular weight is 1700 g/mol. The van der Waals surface area contributed by atoms with Crippen molar-refractivity contribution in [1.82, 2.24) is 0 Å². The number of aliphatic hydroxyl groups excluding tert-OH is 2. The standard InChI is InChI=1S/C101H166O16P2/c1-4-7-10-13-16-19-22-25-28-31-34-37-40-43-45-46-47-48-50-53-54-57-60-63-66-69-72-75-78-81-84-87-99(104)111-90-96(102)91-113-118(107,108)114-92-97(103)93-115-119(109,110)116-95-98(117-101(106)89-86-83-80-77-74-71-68-65-62-59-56-51-42-39-36-33-30-27-24-21-18-15-12-9-6-3)94-112-100(105)88-85-82-79-76-73-70-67-64-61-58-55-52-49-44-41-38-35-32-29-26-23-20-17-14-11-8-5-2/h7-12,16-21,25-30,34-39,43-45,49,51,55-56,58,62,65,96-98,102-103H,4-6,13-15,22-24,31-33,40-42,46-48,50,52-54,57,59-61,63-64,66-95H2,1-3H3,(H,107,108)(H,109,110)/b10-7-,11-8-,12-9-,19-16-,20-17-,21-18-,28-25-,29-26-,30-27-,37-34-,38-35-,39-36-,45-43-,49-44-,56-51-,58-55-,65-62-. The van der Waals surface area contributed by atoms with Crippen molar-refractivity contribution in [3.63, 3.8) is 0 Å². The second-order valence-corrected chi connectivity index (χ2v) is 33.2. The molecule has 0 heterocycles. The Labute approximate surface area is 724 Å². The van der Waals surface area contributed by atoms with Crippen LogP contribution in [0.5, 0.6) is 0 Å². The number of unbranched alkanes of at least 4 members (excludes halogenated alkanes) is 29. The Morgan fingerprint density at radius 3 is 0.664 bits per heavy atom. The summed E-state index contributed by atoms with van der Waals surface area (Å²) in [5.74, 6) is -1.60. The Bertz CT molecular complexity index is 2990. The van der Waals surface area contributed by atoms with Crippen molar-refractivity contribution in [3.8, 4) is 0 Å². The van der Waals surface area contributed by atoms with Crippen molar-refractivity contribution >= 4 is 33.6 Å². The Morgan fingerprint density at radius 1 is 0.235 bits per heavy atom. The normalized spacial score (nSPS) is 14.7. The van der Waals surface area contributed by atoms with Crippen LogP contribution in [0.3, 0.4) is 0 Å². The molecule has 0 amide bonds. The highest BCUT2D eigenvalue weighted by Gasteiger charge is 2.29. The van der Waals surface area contributed by atoms with Crippen LogP contribution in [0.1, 0.15) is 355 Å². The molecule has 0 aliphatic rings. The monoisotopic (exact) mass is 1700 g/mol. The molecule has 18 heteroatoms. The molecule has 0 aromatic carbocycles. The van der Waals surface area contributed by atoms with Crippen LogP contribution in [0.25, 0.3) is 0 Å². The van der Waals surface area contributed by atoms with E-state index in [4.69, 9.17) is 32.3 Å². The Balaban J connectivity index is 4.67. The molecular formula is C101H166O16P2. The molecule has 0 radical (unpaired) electrons. The van der Waals surface area contributed by atoms with Gasteiger partial charge in [0.1, 0.15) is 25.4 Å². The van der Waals surface area contributed by atoms with Gasteiger partial charge in [-0.25, -0.2) is 9.13 Å². The summed E-state index contributed by atoms with van der Waals surface area (Å²) in [6, 6.07) is 0. The fraction of sp³-hybridized carbons (Fsp3) is 0.634. The fourth-order valence-corrected chi connectivity index (χ4v) is 13.7. The summed E-state index contributed by atoms with van der Waals surface area (Å²) in [5, 5.41) is 20.7. The average Bonchev–Trinajstić information content (AvgIpc) is 0.902. The van der Waals surface area contributed by atoms with Crippen LogP contribution in [0.15, 0.2) is 207 Å². The van der Waals surface area contributed by atoms with Gasteiger partial charge < -0.3 is 34.2 Å². The lowest BCUT2D eigenvalue weighted by atomic mass is 10.0. The van der Waals surface area contributed by atoms with Crippen molar-refractivity contribution in [2.24, 2.45) is 0 Å². The summed E-state index contributed by atoms with van der Waals surface area (Å²) >= 11 is 0. The number of rotatable bonds is 86. The van der Waals surface area contributed by atoms with Gasteiger partial charge in [0.2, 0.25) is 0 Å². The first kappa shape index (κ1) is 113. The van der Waals surface area contributed by atoms with Gasteiger partial charge in [-0.2, -0.15) is 0 Å². The summed E-state index contributed by atoms with van der Waals surface area (Å²) < 4.78 is 61.5. The lowest BCUT2D eigenvalue weighted by molar-refractivity contribution is -0.161. The SMILES string of the molecule is CC/C=C\C/C=C\C/C=C\C/C=C\C/C=C\C/C=C\CCCCCCCCCCC(=O)OCC(COP(=O)(O)OCC(O)COP(=O)(O)OCC(O)COC(=O)CCCCCCCCCCCCCCCCC/C=C\C/C=C\C/C=C\C/C=C\C/C=C\CC)OC(=O)CCCCCCCC/C=C\C/C=C\C/C=C\C/C=C\C/C=C\C/C=C\CC. The van der Waals surface area contributed by atoms with E-state index < -0.39 is 91.5 Å². The second-order valence-electron chi connectivity index (χ2n) is 30.3. The van der Waals surface area contributed by atoms with E-state index in [1.807, 2.05) is 0 Å². The number of aliphatic hydroxyl groups is 2. The quantitative estimate of drug-likeness (QED) is 0.0146. The molecule has 0 saturated carbocycles. The number of allylic oxidation sites excluding steroid dienone is 34. The molecule has 5 unspecified atom stereocenters. The zero-order chi connectivity index (χ0) is 86.5. The van der Waals surface area contributed by atoms with Crippen molar-refractivity contribution in [1.29, 1.82) is 0 Å². The van der Waals surface area contributed by atoms with Gasteiger partial charge in [0.05, 0.1) is 26.4 Å². The minimum Gasteiger partial charge on any atom is -0.463 e. The summed E-state index contributed by atoms with van der Waals surface area (Å²) in [6.07, 6.45) is 123. The van der Waals surface area contributed by atoms with Crippen molar-refractivity contribution in [2.45, 2.75) is 373 Å². The highest BCUT2D eigenvalue weighted by Crippen LogP contribution is 2.45. The minimum absolute atomic E-state index is 0.0772. The summed E-state index contributed by atoms with van der Waals surface area (Å²) in [6.45, 7) is 2.33. The Hall–Kier alpha value is -5.87. The molecule has 0 aromatic heterocycles. The first-order valence-corrected chi connectivity index (χ1v) is 49.4. The largest absolute Gasteiger partial charge is 0.472 e. The number of phosphoric ester groups is 2. The minimum atomic E-state index is -4.96. The van der Waals surface area contributed by atoms with Gasteiger partial charge >= 0.3 is 33.6 Å². The first-order chi connectivity index (χ1) is 58.2. The third-order valence-electron chi connectivity index (χ3n) is 19.0. The van der Waals surface area contributed by atoms with E-state index in [1.165, 1.54) is 83.5 Å². The van der Waals surface area contributed by atoms with Crippen LogP contribution in [0.4, 0.5) is 0 Å². The number of hydrogen-bond acceptors (Lipinski definition) is 14. The molecule has 0 bridgehead atoms. The van der Waals surface area contributed by atoms with Gasteiger partial charge in [0.25, 0.3) is 0 Å². The van der Waals surface area contributed by atoms with Crippen LogP contribution in [0.2, 0.25) is 0 Å². The van der Waals surface area contributed by atoms with Gasteiger partial charge in [-0.1, -0.05) is 375 Å². The number of hydrogen-bond donors (Lipinski definition) is 4. The highest BCUT2D eigenvalue weighted by atomic mass is 31.2. The smallest absolute Gasteiger partial charge is 0.463 e. The zero-order valence-electron chi connectivity index (χ0n) is 74.5. The van der Waals surface area contributed by atoms with Crippen LogP contribution >= 0.6 is 15.6 Å². The van der Waals surface area contributed by atoms with E-state index in [-0.39, 0.29) is 19.3 Å². The first-order valence-electron chi connectivity index (χ1n) is 46.4. The third kappa shape index (κ3) is 92.7. The molecule has 4 N–H and O–H groups in total. The maximum atomic E-state index is 13.1. The van der Waals surface area contributed by atoms with Crippen LogP contribution < -0.4 is 0 Å². The van der Waals surface area contributed by atoms with Crippen LogP contribution in [-0.4, -0.2) is 95.9 Å². The van der Waals surface area contributed by atoms with E-state index >= 15 is 0 Å². The molecule has 119 heavy (non-hydrogen) atoms. The molecular weight excluding hydrogens is 1530 g/mol. The topological polar surface area (TPSA) is 231 Å². The summed E-state index contributed by atoms with van der Waals surface area (Å²) in [4.78, 5) is 59.1. The van der Waals surface area contributed by atoms with Gasteiger partial charge in [0.15, 0.2) is 6.10 Å². The van der Waals surface area contributed by atoms with E-state index in [0.29, 0.717) is 19.3 Å². The van der Waals surface area contributed by atoms with Crippen LogP contribution in [-0.2, 0) is 55.8 Å². The fourth-order valence-electron chi connectivity index (χ4n) is 12.1. The van der Waals surface area contributed by atoms with Gasteiger partial charge in [-0.05, 0) is 167 Å². The molecule has 0 aliphatic heterocycles. The molecule has 0 aliphatic carbocycles. The summed E-state index contributed by atoms with van der Waals surface area (Å²) in [5.41, 5.74) is 0. The van der Waals surface area contributed by atoms with Gasteiger partial charge in [-0.3, -0.25) is 32.5 Å². The van der Waals surface area contributed by atoms with Gasteiger partial charge in [0, 0.05) is 19.3 Å². The summed E-state index contributed by atoms with van der Waals surface area (Å²) in [7, 11) is -9.83. The number of phosphoric acid groups is 2. The molecule has 0 fully saturated rings. The third-order valence-corrected chi connectivity index (χ3v) is 20.9. The van der Waals surface area contributed by atoms with Gasteiger partial charge in [-0.15, -0.1) is 0 Å². The Morgan fingerprint density at radius 2 is 0.420 bits per heavy atom. The number of carbonyl (C=O) groups is 3. The molecule has 0 aromatic rings. The predicted molar refractivity (Wildman–Crippen MR) is 500 cm³/mol. The molecule has 0 saturated heterocycles. The maximum absolute atomic E-state index is 13.1. The highest BCUT2D eigenvalue weighted by molar-refractivity contribution is 7.47. The molecule has 676 valence electrons. The lowest BCUT2D eigenvalue weighted by Gasteiger charge is -2.21. The van der Waals surface area contributed by atoms with E-state index in [9.17, 15) is 43.5 Å². The molecule has 16 nitrogen and oxygen atoms in total. The molecule has 0 rings (SSSR count). The van der Waals surface area contributed by atoms with E-state index in [2.05, 4.69) is 227 Å². The van der Waals surface area contributed by atoms with E-state index in [1.54, 1.807) is 0 Å². The van der Waals surface area contributed by atoms with Crippen molar-refractivity contribution in [3.05, 3.63) is 207 Å². The lowest BCUT2D eigenvalue weighted by Crippen LogP contribution is -2.30. The number of ether oxygens (including phenoxy) is 3. The number of carbonyl (C=O) groups excluding carboxylic acids is 3. The van der Waals surface area contributed by atoms with Crippen molar-refractivity contribution < 1.29 is 75.8 Å². The second kappa shape index (κ2) is 91.3. The maximum Gasteiger partial charge on any atom is 0.472 e.